The molecule has 22 heavy (non-hydrogen) atoms. The van der Waals surface area contributed by atoms with Gasteiger partial charge in [-0.2, -0.15) is 22.9 Å². The Bertz CT molecular complexity index is 752. The number of hydrogen-bond donors (Lipinski definition) is 1. The summed E-state index contributed by atoms with van der Waals surface area (Å²) in [5.41, 5.74) is 0.458. The molecule has 1 heterocycles. The van der Waals surface area contributed by atoms with Gasteiger partial charge in [-0.3, -0.25) is 0 Å². The molecule has 1 aromatic carbocycles. The maximum absolute atomic E-state index is 12.8. The van der Waals surface area contributed by atoms with Gasteiger partial charge in [-0.15, -0.1) is 5.10 Å². The summed E-state index contributed by atoms with van der Waals surface area (Å²) in [4.78, 5) is 0. The van der Waals surface area contributed by atoms with Crippen molar-refractivity contribution in [2.45, 2.75) is 6.18 Å². The zero-order valence-electron chi connectivity index (χ0n) is 11.5. The highest BCUT2D eigenvalue weighted by Gasteiger charge is 2.37. The second kappa shape index (κ2) is 6.18. The molecule has 0 bridgehead atoms. The SMILES string of the molecule is COc1ccc(/C=N\n2c(C(F)(F)F)n[nH]c2=S)c(OC)c1. The third-order valence-corrected chi connectivity index (χ3v) is 2.92. The number of nitrogens with zero attached hydrogens (tertiary/aromatic N) is 3. The summed E-state index contributed by atoms with van der Waals surface area (Å²) in [5, 5.41) is 8.90. The highest BCUT2D eigenvalue weighted by molar-refractivity contribution is 7.71. The molecule has 0 saturated carbocycles. The molecule has 0 amide bonds. The number of rotatable bonds is 4. The zero-order valence-corrected chi connectivity index (χ0v) is 12.3. The molecule has 1 N–H and O–H groups in total. The average molecular weight is 332 g/mol. The van der Waals surface area contributed by atoms with E-state index in [9.17, 15) is 13.2 Å². The van der Waals surface area contributed by atoms with E-state index in [1.54, 1.807) is 18.2 Å². The molecule has 0 unspecified atom stereocenters. The predicted molar refractivity (Wildman–Crippen MR) is 75.0 cm³/mol. The van der Waals surface area contributed by atoms with Crippen LogP contribution in [-0.4, -0.2) is 35.3 Å². The first-order valence-corrected chi connectivity index (χ1v) is 6.28. The Hall–Kier alpha value is -2.36. The van der Waals surface area contributed by atoms with Gasteiger partial charge in [-0.1, -0.05) is 0 Å². The third-order valence-electron chi connectivity index (χ3n) is 2.66. The number of nitrogens with one attached hydrogen (secondary N) is 1. The number of hydrogen-bond acceptors (Lipinski definition) is 5. The van der Waals surface area contributed by atoms with Crippen molar-refractivity contribution in [3.8, 4) is 11.5 Å². The Labute approximate surface area is 128 Å². The smallest absolute Gasteiger partial charge is 0.453 e. The van der Waals surface area contributed by atoms with Gasteiger partial charge in [-0.25, -0.2) is 5.10 Å². The fourth-order valence-electron chi connectivity index (χ4n) is 1.63. The van der Waals surface area contributed by atoms with Crippen LogP contribution in [0.15, 0.2) is 23.3 Å². The summed E-state index contributed by atoms with van der Waals surface area (Å²) >= 11 is 4.74. The molecule has 0 atom stereocenters. The Morgan fingerprint density at radius 3 is 2.64 bits per heavy atom. The lowest BCUT2D eigenvalue weighted by molar-refractivity contribution is -0.147. The summed E-state index contributed by atoms with van der Waals surface area (Å²) in [7, 11) is 2.92. The van der Waals surface area contributed by atoms with E-state index < -0.39 is 12.0 Å². The molecule has 118 valence electrons. The minimum atomic E-state index is -4.67. The Kier molecular flexibility index (Phi) is 4.50. The highest BCUT2D eigenvalue weighted by Crippen LogP contribution is 2.28. The molecule has 2 rings (SSSR count). The van der Waals surface area contributed by atoms with Crippen LogP contribution in [-0.2, 0) is 6.18 Å². The molecule has 6 nitrogen and oxygen atoms in total. The highest BCUT2D eigenvalue weighted by atomic mass is 32.1. The number of alkyl halides is 3. The van der Waals surface area contributed by atoms with Crippen molar-refractivity contribution in [3.63, 3.8) is 0 Å². The number of halogens is 3. The monoisotopic (exact) mass is 332 g/mol. The topological polar surface area (TPSA) is 64.4 Å². The van der Waals surface area contributed by atoms with E-state index in [-0.39, 0.29) is 4.77 Å². The first kappa shape index (κ1) is 16.0. The van der Waals surface area contributed by atoms with Crippen LogP contribution in [0.1, 0.15) is 11.4 Å². The second-order valence-electron chi connectivity index (χ2n) is 4.01. The molecule has 10 heteroatoms. The fraction of sp³-hybridized carbons (Fsp3) is 0.250. The van der Waals surface area contributed by atoms with Gasteiger partial charge in [0.15, 0.2) is 0 Å². The van der Waals surface area contributed by atoms with Gasteiger partial charge in [0.1, 0.15) is 11.5 Å². The van der Waals surface area contributed by atoms with E-state index in [1.165, 1.54) is 20.4 Å². The van der Waals surface area contributed by atoms with Crippen LogP contribution >= 0.6 is 12.2 Å². The number of benzene rings is 1. The van der Waals surface area contributed by atoms with E-state index in [4.69, 9.17) is 21.7 Å². The maximum atomic E-state index is 12.8. The standard InChI is InChI=1S/C12H11F3N4O2S/c1-20-8-4-3-7(9(5-8)21-2)6-16-19-10(12(13,14)15)17-18-11(19)22/h3-6H,1-2H3,(H,18,22)/b16-6-. The third kappa shape index (κ3) is 3.27. The Morgan fingerprint density at radius 1 is 1.32 bits per heavy atom. The first-order valence-electron chi connectivity index (χ1n) is 5.88. The molecule has 0 radical (unpaired) electrons. The van der Waals surface area contributed by atoms with E-state index >= 15 is 0 Å². The van der Waals surface area contributed by atoms with Crippen LogP contribution < -0.4 is 9.47 Å². The van der Waals surface area contributed by atoms with Crippen LogP contribution in [0.3, 0.4) is 0 Å². The van der Waals surface area contributed by atoms with Gasteiger partial charge < -0.3 is 9.47 Å². The van der Waals surface area contributed by atoms with Crippen molar-refractivity contribution in [1.29, 1.82) is 0 Å². The number of aromatic amines is 1. The normalized spacial score (nSPS) is 11.9. The zero-order chi connectivity index (χ0) is 16.3. The Morgan fingerprint density at radius 2 is 2.05 bits per heavy atom. The van der Waals surface area contributed by atoms with Crippen LogP contribution in [0, 0.1) is 4.77 Å². The van der Waals surface area contributed by atoms with Gasteiger partial charge in [0.05, 0.1) is 20.4 Å². The first-order chi connectivity index (χ1) is 10.4. The second-order valence-corrected chi connectivity index (χ2v) is 4.40. The van der Waals surface area contributed by atoms with Crippen LogP contribution in [0.5, 0.6) is 11.5 Å². The predicted octanol–water partition coefficient (Wildman–Crippen LogP) is 2.86. The van der Waals surface area contributed by atoms with E-state index in [0.29, 0.717) is 21.7 Å². The molecule has 1 aromatic heterocycles. The van der Waals surface area contributed by atoms with Crippen LogP contribution in [0.4, 0.5) is 13.2 Å². The van der Waals surface area contributed by atoms with Gasteiger partial charge in [-0.05, 0) is 24.4 Å². The molecule has 0 aliphatic carbocycles. The van der Waals surface area contributed by atoms with Crippen molar-refractivity contribution < 1.29 is 22.6 Å². The maximum Gasteiger partial charge on any atom is 0.453 e. The molecule has 0 spiro atoms. The minimum Gasteiger partial charge on any atom is -0.497 e. The summed E-state index contributed by atoms with van der Waals surface area (Å²) in [6.07, 6.45) is -3.48. The molecule has 0 aliphatic heterocycles. The lowest BCUT2D eigenvalue weighted by atomic mass is 10.2. The summed E-state index contributed by atoms with van der Waals surface area (Å²) in [6.45, 7) is 0. The Balaban J connectivity index is 2.42. The summed E-state index contributed by atoms with van der Waals surface area (Å²) < 4.78 is 48.7. The quantitative estimate of drug-likeness (QED) is 0.691. The molecule has 0 fully saturated rings. The number of ether oxygens (including phenoxy) is 2. The lowest BCUT2D eigenvalue weighted by Gasteiger charge is -2.07. The minimum absolute atomic E-state index is 0.268. The fourth-order valence-corrected chi connectivity index (χ4v) is 1.81. The van der Waals surface area contributed by atoms with Gasteiger partial charge in [0.2, 0.25) is 4.77 Å². The van der Waals surface area contributed by atoms with E-state index in [1.807, 2.05) is 0 Å². The summed E-state index contributed by atoms with van der Waals surface area (Å²) in [5.74, 6) is -0.294. The lowest BCUT2D eigenvalue weighted by Crippen LogP contribution is -2.12. The van der Waals surface area contributed by atoms with Crippen molar-refractivity contribution in [2.75, 3.05) is 14.2 Å². The van der Waals surface area contributed by atoms with Gasteiger partial charge in [0.25, 0.3) is 5.82 Å². The molecular formula is C12H11F3N4O2S. The van der Waals surface area contributed by atoms with E-state index in [0.717, 1.165) is 0 Å². The molecular weight excluding hydrogens is 321 g/mol. The summed E-state index contributed by atoms with van der Waals surface area (Å²) in [6, 6.07) is 4.81. The molecule has 0 saturated heterocycles. The number of methoxy groups -OCH3 is 2. The van der Waals surface area contributed by atoms with Gasteiger partial charge in [0, 0.05) is 11.6 Å². The molecule has 0 aliphatic rings. The largest absolute Gasteiger partial charge is 0.497 e. The van der Waals surface area contributed by atoms with E-state index in [2.05, 4.69) is 15.3 Å². The number of aromatic nitrogens is 3. The average Bonchev–Trinajstić information content (AvgIpc) is 2.86. The van der Waals surface area contributed by atoms with Crippen molar-refractivity contribution in [3.05, 3.63) is 34.4 Å². The van der Waals surface area contributed by atoms with Crippen molar-refractivity contribution >= 4 is 18.4 Å². The van der Waals surface area contributed by atoms with Crippen molar-refractivity contribution in [2.24, 2.45) is 5.10 Å². The van der Waals surface area contributed by atoms with Crippen LogP contribution in [0.25, 0.3) is 0 Å². The van der Waals surface area contributed by atoms with Gasteiger partial charge >= 0.3 is 6.18 Å². The molecule has 2 aromatic rings. The van der Waals surface area contributed by atoms with Crippen molar-refractivity contribution in [1.82, 2.24) is 14.9 Å². The number of H-pyrrole nitrogens is 1. The van der Waals surface area contributed by atoms with Crippen LogP contribution in [0.2, 0.25) is 0 Å².